The third-order valence-corrected chi connectivity index (χ3v) is 4.03. The van der Waals surface area contributed by atoms with Crippen molar-refractivity contribution in [2.45, 2.75) is 38.5 Å². The van der Waals surface area contributed by atoms with Crippen LogP contribution in [0.1, 0.15) is 37.2 Å². The summed E-state index contributed by atoms with van der Waals surface area (Å²) in [7, 11) is 0. The number of furan rings is 1. The highest BCUT2D eigenvalue weighted by Crippen LogP contribution is 2.24. The number of ether oxygens (including phenoxy) is 1. The second-order valence-corrected chi connectivity index (χ2v) is 5.83. The Morgan fingerprint density at radius 1 is 1.23 bits per heavy atom. The van der Waals surface area contributed by atoms with Crippen molar-refractivity contribution in [3.8, 4) is 11.3 Å². The lowest BCUT2D eigenvalue weighted by Gasteiger charge is -2.09. The number of aliphatic hydroxyl groups excluding tert-OH is 1. The second-order valence-electron chi connectivity index (χ2n) is 5.83. The van der Waals surface area contributed by atoms with Crippen LogP contribution in [0.3, 0.4) is 0 Å². The van der Waals surface area contributed by atoms with E-state index in [2.05, 4.69) is 5.32 Å². The van der Waals surface area contributed by atoms with E-state index >= 15 is 0 Å². The molecule has 0 aliphatic carbocycles. The van der Waals surface area contributed by atoms with Gasteiger partial charge in [0.1, 0.15) is 11.5 Å². The topological polar surface area (TPSA) is 54.6 Å². The van der Waals surface area contributed by atoms with Gasteiger partial charge in [-0.2, -0.15) is 0 Å². The molecule has 1 aromatic heterocycles. The number of aliphatic hydroxyl groups is 1. The standard InChI is InChI=1S/C18H23NO3/c1-13(20)14-4-6-15(7-5-14)18-9-8-17(22-18)12-19-11-16-3-2-10-21-16/h4-9,13,16,19-20H,2-3,10-12H2,1H3/t13-,16+/m0/s1. The lowest BCUT2D eigenvalue weighted by atomic mass is 10.1. The van der Waals surface area contributed by atoms with Gasteiger partial charge in [0.2, 0.25) is 0 Å². The molecule has 0 spiro atoms. The molecule has 2 atom stereocenters. The third kappa shape index (κ3) is 3.77. The summed E-state index contributed by atoms with van der Waals surface area (Å²) in [4.78, 5) is 0. The Morgan fingerprint density at radius 3 is 2.73 bits per heavy atom. The zero-order chi connectivity index (χ0) is 15.4. The Hall–Kier alpha value is -1.62. The van der Waals surface area contributed by atoms with Gasteiger partial charge in [-0.3, -0.25) is 0 Å². The summed E-state index contributed by atoms with van der Waals surface area (Å²) in [6.45, 7) is 4.24. The molecule has 1 fully saturated rings. The fraction of sp³-hybridized carbons (Fsp3) is 0.444. The van der Waals surface area contributed by atoms with E-state index in [0.717, 1.165) is 42.2 Å². The average molecular weight is 301 g/mol. The molecular weight excluding hydrogens is 278 g/mol. The molecule has 4 heteroatoms. The van der Waals surface area contributed by atoms with Gasteiger partial charge in [0.15, 0.2) is 0 Å². The first-order chi connectivity index (χ1) is 10.7. The molecule has 1 aliphatic rings. The first-order valence-electron chi connectivity index (χ1n) is 7.92. The molecule has 0 radical (unpaired) electrons. The Balaban J connectivity index is 1.55. The number of nitrogens with one attached hydrogen (secondary N) is 1. The van der Waals surface area contributed by atoms with Crippen molar-refractivity contribution in [1.29, 1.82) is 0 Å². The highest BCUT2D eigenvalue weighted by atomic mass is 16.5. The van der Waals surface area contributed by atoms with E-state index in [0.29, 0.717) is 12.6 Å². The second kappa shape index (κ2) is 7.09. The molecule has 1 aromatic carbocycles. The Kier molecular flexibility index (Phi) is 4.93. The highest BCUT2D eigenvalue weighted by Gasteiger charge is 2.14. The molecule has 2 heterocycles. The lowest BCUT2D eigenvalue weighted by Crippen LogP contribution is -2.25. The Labute approximate surface area is 131 Å². The summed E-state index contributed by atoms with van der Waals surface area (Å²) < 4.78 is 11.5. The van der Waals surface area contributed by atoms with Crippen molar-refractivity contribution in [2.75, 3.05) is 13.2 Å². The fourth-order valence-electron chi connectivity index (χ4n) is 2.72. The Morgan fingerprint density at radius 2 is 2.05 bits per heavy atom. The predicted octanol–water partition coefficient (Wildman–Crippen LogP) is 3.27. The van der Waals surface area contributed by atoms with E-state index in [1.165, 1.54) is 6.42 Å². The van der Waals surface area contributed by atoms with Crippen LogP contribution in [0.2, 0.25) is 0 Å². The lowest BCUT2D eigenvalue weighted by molar-refractivity contribution is 0.109. The van der Waals surface area contributed by atoms with E-state index in [1.54, 1.807) is 6.92 Å². The maximum Gasteiger partial charge on any atom is 0.134 e. The zero-order valence-electron chi connectivity index (χ0n) is 12.9. The van der Waals surface area contributed by atoms with Gasteiger partial charge in [0.25, 0.3) is 0 Å². The molecule has 0 unspecified atom stereocenters. The van der Waals surface area contributed by atoms with Crippen molar-refractivity contribution < 1.29 is 14.3 Å². The molecule has 1 saturated heterocycles. The molecule has 118 valence electrons. The van der Waals surface area contributed by atoms with Crippen LogP contribution in [0.15, 0.2) is 40.8 Å². The number of benzene rings is 1. The maximum absolute atomic E-state index is 9.53. The molecule has 0 amide bonds. The monoisotopic (exact) mass is 301 g/mol. The summed E-state index contributed by atoms with van der Waals surface area (Å²) in [5, 5.41) is 12.9. The van der Waals surface area contributed by atoms with Crippen molar-refractivity contribution in [3.05, 3.63) is 47.7 Å². The van der Waals surface area contributed by atoms with Gasteiger partial charge in [0.05, 0.1) is 18.8 Å². The van der Waals surface area contributed by atoms with Crippen LogP contribution in [-0.2, 0) is 11.3 Å². The van der Waals surface area contributed by atoms with Crippen LogP contribution in [0, 0.1) is 0 Å². The minimum absolute atomic E-state index is 0.349. The van der Waals surface area contributed by atoms with Gasteiger partial charge in [0, 0.05) is 18.7 Å². The molecule has 2 N–H and O–H groups in total. The van der Waals surface area contributed by atoms with Crippen LogP contribution >= 0.6 is 0 Å². The van der Waals surface area contributed by atoms with Crippen molar-refractivity contribution in [2.24, 2.45) is 0 Å². The molecule has 0 bridgehead atoms. The van der Waals surface area contributed by atoms with Gasteiger partial charge in [-0.05, 0) is 37.5 Å². The molecule has 4 nitrogen and oxygen atoms in total. The molecule has 22 heavy (non-hydrogen) atoms. The molecular formula is C18H23NO3. The van der Waals surface area contributed by atoms with E-state index in [1.807, 2.05) is 36.4 Å². The summed E-state index contributed by atoms with van der Waals surface area (Å²) in [5.74, 6) is 1.78. The Bertz CT molecular complexity index is 583. The molecule has 3 rings (SSSR count). The molecule has 0 saturated carbocycles. The van der Waals surface area contributed by atoms with Gasteiger partial charge < -0.3 is 19.6 Å². The largest absolute Gasteiger partial charge is 0.460 e. The minimum Gasteiger partial charge on any atom is -0.460 e. The van der Waals surface area contributed by atoms with Crippen LogP contribution in [0.4, 0.5) is 0 Å². The van der Waals surface area contributed by atoms with Gasteiger partial charge in [-0.1, -0.05) is 24.3 Å². The van der Waals surface area contributed by atoms with Crippen molar-refractivity contribution in [1.82, 2.24) is 5.32 Å². The van der Waals surface area contributed by atoms with Gasteiger partial charge >= 0.3 is 0 Å². The van der Waals surface area contributed by atoms with Crippen molar-refractivity contribution in [3.63, 3.8) is 0 Å². The van der Waals surface area contributed by atoms with Gasteiger partial charge in [-0.15, -0.1) is 0 Å². The maximum atomic E-state index is 9.53. The summed E-state index contributed by atoms with van der Waals surface area (Å²) >= 11 is 0. The first kappa shape index (κ1) is 15.3. The quantitative estimate of drug-likeness (QED) is 0.860. The first-order valence-corrected chi connectivity index (χ1v) is 7.92. The van der Waals surface area contributed by atoms with E-state index in [-0.39, 0.29) is 0 Å². The van der Waals surface area contributed by atoms with Crippen LogP contribution in [0.25, 0.3) is 11.3 Å². The van der Waals surface area contributed by atoms with E-state index in [4.69, 9.17) is 9.15 Å². The predicted molar refractivity (Wildman–Crippen MR) is 85.5 cm³/mol. The van der Waals surface area contributed by atoms with Crippen LogP contribution in [-0.4, -0.2) is 24.4 Å². The summed E-state index contributed by atoms with van der Waals surface area (Å²) in [5.41, 5.74) is 1.93. The highest BCUT2D eigenvalue weighted by molar-refractivity contribution is 5.58. The van der Waals surface area contributed by atoms with E-state index in [9.17, 15) is 5.11 Å². The SMILES string of the molecule is C[C@H](O)c1ccc(-c2ccc(CNC[C@H]3CCCO3)o2)cc1. The molecule has 2 aromatic rings. The normalized spacial score (nSPS) is 19.5. The van der Waals surface area contributed by atoms with Crippen molar-refractivity contribution >= 4 is 0 Å². The number of rotatable bonds is 6. The van der Waals surface area contributed by atoms with Crippen LogP contribution in [0.5, 0.6) is 0 Å². The third-order valence-electron chi connectivity index (χ3n) is 4.03. The molecule has 1 aliphatic heterocycles. The zero-order valence-corrected chi connectivity index (χ0v) is 12.9. The summed E-state index contributed by atoms with van der Waals surface area (Å²) in [6.07, 6.45) is 2.22. The fourth-order valence-corrected chi connectivity index (χ4v) is 2.72. The smallest absolute Gasteiger partial charge is 0.134 e. The minimum atomic E-state index is -0.441. The van der Waals surface area contributed by atoms with E-state index < -0.39 is 6.10 Å². The summed E-state index contributed by atoms with van der Waals surface area (Å²) in [6, 6.07) is 11.8. The number of hydrogen-bond acceptors (Lipinski definition) is 4. The average Bonchev–Trinajstić information content (AvgIpc) is 3.19. The number of hydrogen-bond donors (Lipinski definition) is 2. The van der Waals surface area contributed by atoms with Gasteiger partial charge in [-0.25, -0.2) is 0 Å². The van der Waals surface area contributed by atoms with Crippen LogP contribution < -0.4 is 5.32 Å².